The van der Waals surface area contributed by atoms with Crippen LogP contribution in [0, 0.1) is 19.8 Å². The number of amides is 3. The SMILES string of the molecule is Cc1ccc(C(C(=O)NCc2ccccc2)N(C(=O)C(NC(=O)OC(C)(C)C)C(C)C)C(C)(C)C)cc1C. The Hall–Kier alpha value is -3.35. The predicted octanol–water partition coefficient (Wildman–Crippen LogP) is 5.84. The molecule has 2 aromatic rings. The van der Waals surface area contributed by atoms with Gasteiger partial charge in [-0.25, -0.2) is 4.79 Å². The maximum atomic E-state index is 14.3. The zero-order chi connectivity index (χ0) is 28.8. The number of alkyl carbamates (subject to hydrolysis) is 1. The Kier molecular flexibility index (Phi) is 10.1. The fourth-order valence-electron chi connectivity index (χ4n) is 4.18. The Bertz CT molecular complexity index is 1110. The number of ether oxygens (including phenoxy) is 1. The monoisotopic (exact) mass is 523 g/mol. The normalized spacial score (nSPS) is 13.4. The van der Waals surface area contributed by atoms with Gasteiger partial charge in [0.2, 0.25) is 11.8 Å². The number of aryl methyl sites for hydroxylation is 2. The number of hydrogen-bond donors (Lipinski definition) is 2. The third kappa shape index (κ3) is 8.61. The summed E-state index contributed by atoms with van der Waals surface area (Å²) < 4.78 is 5.44. The van der Waals surface area contributed by atoms with Gasteiger partial charge in [0.1, 0.15) is 17.7 Å². The van der Waals surface area contributed by atoms with Crippen molar-refractivity contribution in [3.8, 4) is 0 Å². The maximum Gasteiger partial charge on any atom is 0.408 e. The first-order chi connectivity index (χ1) is 17.5. The van der Waals surface area contributed by atoms with Crippen molar-refractivity contribution in [2.24, 2.45) is 5.92 Å². The lowest BCUT2D eigenvalue weighted by molar-refractivity contribution is -0.149. The number of carbonyl (C=O) groups is 3. The van der Waals surface area contributed by atoms with Crippen LogP contribution >= 0.6 is 0 Å². The fraction of sp³-hybridized carbons (Fsp3) is 0.516. The Morgan fingerprint density at radius 2 is 1.50 bits per heavy atom. The van der Waals surface area contributed by atoms with E-state index in [0.717, 1.165) is 16.7 Å². The van der Waals surface area contributed by atoms with Gasteiger partial charge in [-0.1, -0.05) is 62.4 Å². The van der Waals surface area contributed by atoms with E-state index < -0.39 is 29.3 Å². The molecule has 7 heteroatoms. The summed E-state index contributed by atoms with van der Waals surface area (Å²) >= 11 is 0. The third-order valence-corrected chi connectivity index (χ3v) is 6.23. The number of carbonyl (C=O) groups excluding carboxylic acids is 3. The van der Waals surface area contributed by atoms with Crippen molar-refractivity contribution in [1.29, 1.82) is 0 Å². The predicted molar refractivity (Wildman–Crippen MR) is 152 cm³/mol. The van der Waals surface area contributed by atoms with Crippen LogP contribution in [0.5, 0.6) is 0 Å². The van der Waals surface area contributed by atoms with Crippen LogP contribution in [0.4, 0.5) is 4.79 Å². The lowest BCUT2D eigenvalue weighted by Crippen LogP contribution is -2.59. The Morgan fingerprint density at radius 1 is 0.895 bits per heavy atom. The van der Waals surface area contributed by atoms with Crippen molar-refractivity contribution >= 4 is 17.9 Å². The summed E-state index contributed by atoms with van der Waals surface area (Å²) in [7, 11) is 0. The zero-order valence-electron chi connectivity index (χ0n) is 24.6. The van der Waals surface area contributed by atoms with E-state index in [0.29, 0.717) is 12.1 Å². The topological polar surface area (TPSA) is 87.7 Å². The highest BCUT2D eigenvalue weighted by atomic mass is 16.6. The molecule has 0 aliphatic rings. The number of nitrogens with one attached hydrogen (secondary N) is 2. The van der Waals surface area contributed by atoms with Crippen molar-refractivity contribution in [3.05, 3.63) is 70.8 Å². The van der Waals surface area contributed by atoms with Crippen LogP contribution < -0.4 is 10.6 Å². The summed E-state index contributed by atoms with van der Waals surface area (Å²) in [4.78, 5) is 42.4. The Morgan fingerprint density at radius 3 is 2.00 bits per heavy atom. The van der Waals surface area contributed by atoms with E-state index in [2.05, 4.69) is 10.6 Å². The first-order valence-corrected chi connectivity index (χ1v) is 13.2. The summed E-state index contributed by atoms with van der Waals surface area (Å²) in [6.45, 7) is 19.1. The molecule has 2 atom stereocenters. The standard InChI is InChI=1S/C31H45N3O4/c1-20(2)25(33-29(37)38-31(8,9)10)28(36)34(30(5,6)7)26(24-17-16-21(3)22(4)18-24)27(35)32-19-23-14-12-11-13-15-23/h11-18,20,25-26H,19H2,1-10H3,(H,32,35)(H,33,37). The van der Waals surface area contributed by atoms with Gasteiger partial charge in [-0.3, -0.25) is 9.59 Å². The molecular weight excluding hydrogens is 478 g/mol. The molecule has 0 saturated heterocycles. The lowest BCUT2D eigenvalue weighted by atomic mass is 9.92. The Balaban J connectivity index is 2.54. The number of hydrogen-bond acceptors (Lipinski definition) is 4. The largest absolute Gasteiger partial charge is 0.444 e. The van der Waals surface area contributed by atoms with Gasteiger partial charge in [-0.05, 0) is 83.6 Å². The first kappa shape index (κ1) is 30.9. The number of nitrogens with zero attached hydrogens (tertiary/aromatic N) is 1. The average Bonchev–Trinajstić information content (AvgIpc) is 2.79. The molecule has 208 valence electrons. The van der Waals surface area contributed by atoms with Gasteiger partial charge >= 0.3 is 6.09 Å². The molecule has 0 aliphatic carbocycles. The zero-order valence-corrected chi connectivity index (χ0v) is 24.6. The van der Waals surface area contributed by atoms with Crippen LogP contribution in [-0.4, -0.2) is 40.0 Å². The minimum absolute atomic E-state index is 0.243. The maximum absolute atomic E-state index is 14.3. The van der Waals surface area contributed by atoms with E-state index in [-0.39, 0.29) is 17.7 Å². The molecule has 0 fully saturated rings. The molecule has 0 spiro atoms. The van der Waals surface area contributed by atoms with E-state index in [1.807, 2.05) is 97.0 Å². The van der Waals surface area contributed by atoms with E-state index in [1.54, 1.807) is 25.7 Å². The lowest BCUT2D eigenvalue weighted by Gasteiger charge is -2.43. The van der Waals surface area contributed by atoms with Gasteiger partial charge in [-0.15, -0.1) is 0 Å². The van der Waals surface area contributed by atoms with Crippen LogP contribution in [0.25, 0.3) is 0 Å². The van der Waals surface area contributed by atoms with Crippen LogP contribution in [0.1, 0.15) is 83.7 Å². The molecule has 0 aliphatic heterocycles. The summed E-state index contributed by atoms with van der Waals surface area (Å²) in [6.07, 6.45) is -0.672. The summed E-state index contributed by atoms with van der Waals surface area (Å²) in [6, 6.07) is 13.7. The van der Waals surface area contributed by atoms with Gasteiger partial charge < -0.3 is 20.3 Å². The van der Waals surface area contributed by atoms with Crippen molar-refractivity contribution < 1.29 is 19.1 Å². The van der Waals surface area contributed by atoms with Gasteiger partial charge in [0.25, 0.3) is 0 Å². The second kappa shape index (κ2) is 12.5. The Labute approximate surface area is 228 Å². The molecule has 2 N–H and O–H groups in total. The van der Waals surface area contributed by atoms with E-state index in [1.165, 1.54) is 0 Å². The molecule has 7 nitrogen and oxygen atoms in total. The number of rotatable bonds is 8. The smallest absolute Gasteiger partial charge is 0.408 e. The van der Waals surface area contributed by atoms with Gasteiger partial charge in [0.15, 0.2) is 0 Å². The highest BCUT2D eigenvalue weighted by Gasteiger charge is 2.42. The van der Waals surface area contributed by atoms with Gasteiger partial charge in [0.05, 0.1) is 0 Å². The average molecular weight is 524 g/mol. The van der Waals surface area contributed by atoms with Crippen molar-refractivity contribution in [1.82, 2.24) is 15.5 Å². The minimum Gasteiger partial charge on any atom is -0.444 e. The molecular formula is C31H45N3O4. The molecule has 2 unspecified atom stereocenters. The molecule has 38 heavy (non-hydrogen) atoms. The minimum atomic E-state index is -0.910. The van der Waals surface area contributed by atoms with Crippen LogP contribution in [0.2, 0.25) is 0 Å². The van der Waals surface area contributed by atoms with Crippen LogP contribution in [0.3, 0.4) is 0 Å². The van der Waals surface area contributed by atoms with Crippen LogP contribution in [0.15, 0.2) is 48.5 Å². The second-order valence-electron chi connectivity index (χ2n) is 12.2. The van der Waals surface area contributed by atoms with Gasteiger partial charge in [-0.2, -0.15) is 0 Å². The highest BCUT2D eigenvalue weighted by molar-refractivity contribution is 5.92. The molecule has 2 aromatic carbocycles. The molecule has 0 radical (unpaired) electrons. The summed E-state index contributed by atoms with van der Waals surface area (Å²) in [5.74, 6) is -0.885. The van der Waals surface area contributed by atoms with E-state index in [4.69, 9.17) is 4.74 Å². The summed E-state index contributed by atoms with van der Waals surface area (Å²) in [5, 5.41) is 5.80. The molecule has 0 heterocycles. The van der Waals surface area contributed by atoms with E-state index >= 15 is 0 Å². The second-order valence-corrected chi connectivity index (χ2v) is 12.2. The first-order valence-electron chi connectivity index (χ1n) is 13.2. The van der Waals surface area contributed by atoms with Crippen molar-refractivity contribution in [2.75, 3.05) is 0 Å². The number of benzene rings is 2. The highest BCUT2D eigenvalue weighted by Crippen LogP contribution is 2.32. The molecule has 3 amide bonds. The quantitative estimate of drug-likeness (QED) is 0.455. The molecule has 2 rings (SSSR count). The third-order valence-electron chi connectivity index (χ3n) is 6.23. The van der Waals surface area contributed by atoms with Crippen LogP contribution in [-0.2, 0) is 20.9 Å². The van der Waals surface area contributed by atoms with Gasteiger partial charge in [0, 0.05) is 12.1 Å². The summed E-state index contributed by atoms with van der Waals surface area (Å²) in [5.41, 5.74) is 2.33. The van der Waals surface area contributed by atoms with Crippen molar-refractivity contribution in [3.63, 3.8) is 0 Å². The molecule has 0 bridgehead atoms. The van der Waals surface area contributed by atoms with Crippen molar-refractivity contribution in [2.45, 2.75) is 99.0 Å². The fourth-order valence-corrected chi connectivity index (χ4v) is 4.18. The van der Waals surface area contributed by atoms with E-state index in [9.17, 15) is 14.4 Å². The molecule has 0 aromatic heterocycles. The molecule has 0 saturated carbocycles.